The zero-order valence-corrected chi connectivity index (χ0v) is 13.5. The summed E-state index contributed by atoms with van der Waals surface area (Å²) in [5.74, 6) is 0.901. The van der Waals surface area contributed by atoms with Crippen LogP contribution in [-0.4, -0.2) is 7.11 Å². The molecule has 0 bridgehead atoms. The predicted octanol–water partition coefficient (Wildman–Crippen LogP) is 6.37. The Kier molecular flexibility index (Phi) is 2.64. The van der Waals surface area contributed by atoms with Crippen molar-refractivity contribution in [3.05, 3.63) is 66.0 Å². The van der Waals surface area contributed by atoms with Crippen LogP contribution in [0.15, 0.2) is 66.0 Å². The third-order valence-corrected chi connectivity index (χ3v) is 5.49. The quantitative estimate of drug-likeness (QED) is 0.258. The van der Waals surface area contributed by atoms with E-state index in [1.54, 1.807) is 18.4 Å². The molecule has 0 atom stereocenters. The second-order valence-electron chi connectivity index (χ2n) is 5.85. The molecule has 2 heteroatoms. The normalized spacial score (nSPS) is 11.7. The van der Waals surface area contributed by atoms with Crippen molar-refractivity contribution in [3.8, 4) is 5.75 Å². The van der Waals surface area contributed by atoms with E-state index in [2.05, 4.69) is 60.0 Å². The van der Waals surface area contributed by atoms with Crippen molar-refractivity contribution in [2.24, 2.45) is 0 Å². The van der Waals surface area contributed by atoms with E-state index in [1.807, 2.05) is 6.07 Å². The van der Waals surface area contributed by atoms with E-state index >= 15 is 0 Å². The molecule has 0 saturated heterocycles. The minimum absolute atomic E-state index is 0.901. The topological polar surface area (TPSA) is 9.23 Å². The van der Waals surface area contributed by atoms with Crippen molar-refractivity contribution in [2.45, 2.75) is 0 Å². The van der Waals surface area contributed by atoms with Gasteiger partial charge in [-0.2, -0.15) is 0 Å². The van der Waals surface area contributed by atoms with Crippen LogP contribution < -0.4 is 4.74 Å². The van der Waals surface area contributed by atoms with Gasteiger partial charge in [-0.1, -0.05) is 24.3 Å². The van der Waals surface area contributed by atoms with Crippen molar-refractivity contribution in [1.82, 2.24) is 0 Å². The molecule has 5 rings (SSSR count). The van der Waals surface area contributed by atoms with Gasteiger partial charge in [-0.15, -0.1) is 11.3 Å². The molecule has 23 heavy (non-hydrogen) atoms. The molecule has 0 saturated carbocycles. The molecular formula is C21H14OS. The summed E-state index contributed by atoms with van der Waals surface area (Å²) < 4.78 is 6.69. The maximum absolute atomic E-state index is 5.35. The van der Waals surface area contributed by atoms with Crippen molar-refractivity contribution >= 4 is 53.7 Å². The van der Waals surface area contributed by atoms with Crippen molar-refractivity contribution in [3.63, 3.8) is 0 Å². The van der Waals surface area contributed by atoms with Gasteiger partial charge in [0, 0.05) is 10.1 Å². The van der Waals surface area contributed by atoms with Gasteiger partial charge in [0.2, 0.25) is 0 Å². The SMILES string of the molecule is COc1ccc2cc3c(ccc4c5ccsc5ccc34)cc2c1. The Hall–Kier alpha value is -2.58. The first-order chi connectivity index (χ1) is 11.3. The molecule has 0 spiro atoms. The monoisotopic (exact) mass is 314 g/mol. The van der Waals surface area contributed by atoms with Crippen LogP contribution in [0.1, 0.15) is 0 Å². The largest absolute Gasteiger partial charge is 0.497 e. The highest BCUT2D eigenvalue weighted by atomic mass is 32.1. The number of fused-ring (bicyclic) bond motifs is 6. The van der Waals surface area contributed by atoms with Crippen LogP contribution in [0, 0.1) is 0 Å². The van der Waals surface area contributed by atoms with Crippen LogP contribution >= 0.6 is 11.3 Å². The number of methoxy groups -OCH3 is 1. The predicted molar refractivity (Wildman–Crippen MR) is 101 cm³/mol. The van der Waals surface area contributed by atoms with Gasteiger partial charge in [0.1, 0.15) is 5.75 Å². The van der Waals surface area contributed by atoms with Gasteiger partial charge in [-0.05, 0) is 74.1 Å². The van der Waals surface area contributed by atoms with E-state index in [0.717, 1.165) is 5.75 Å². The Morgan fingerprint density at radius 3 is 2.39 bits per heavy atom. The summed E-state index contributed by atoms with van der Waals surface area (Å²) >= 11 is 1.80. The zero-order valence-electron chi connectivity index (χ0n) is 12.7. The molecule has 0 aliphatic carbocycles. The van der Waals surface area contributed by atoms with Gasteiger partial charge in [-0.3, -0.25) is 0 Å². The third kappa shape index (κ3) is 1.85. The average Bonchev–Trinajstić information content (AvgIpc) is 3.08. The maximum Gasteiger partial charge on any atom is 0.119 e. The Balaban J connectivity index is 1.94. The van der Waals surface area contributed by atoms with Crippen LogP contribution in [0.25, 0.3) is 42.4 Å². The van der Waals surface area contributed by atoms with Gasteiger partial charge >= 0.3 is 0 Å². The van der Waals surface area contributed by atoms with Crippen LogP contribution in [-0.2, 0) is 0 Å². The Morgan fingerprint density at radius 2 is 1.48 bits per heavy atom. The fourth-order valence-electron chi connectivity index (χ4n) is 3.45. The second kappa shape index (κ2) is 4.71. The second-order valence-corrected chi connectivity index (χ2v) is 6.79. The third-order valence-electron chi connectivity index (χ3n) is 4.61. The molecule has 5 aromatic rings. The molecule has 1 nitrogen and oxygen atoms in total. The van der Waals surface area contributed by atoms with E-state index < -0.39 is 0 Å². The summed E-state index contributed by atoms with van der Waals surface area (Å²) in [6.45, 7) is 0. The summed E-state index contributed by atoms with van der Waals surface area (Å²) in [5.41, 5.74) is 0. The van der Waals surface area contributed by atoms with Crippen molar-refractivity contribution in [1.29, 1.82) is 0 Å². The highest BCUT2D eigenvalue weighted by molar-refractivity contribution is 7.17. The highest BCUT2D eigenvalue weighted by Crippen LogP contribution is 2.35. The van der Waals surface area contributed by atoms with Crippen molar-refractivity contribution in [2.75, 3.05) is 7.11 Å². The molecule has 0 amide bonds. The molecule has 1 heterocycles. The lowest BCUT2D eigenvalue weighted by Crippen LogP contribution is -1.84. The minimum Gasteiger partial charge on any atom is -0.497 e. The van der Waals surface area contributed by atoms with Gasteiger partial charge in [0.05, 0.1) is 7.11 Å². The smallest absolute Gasteiger partial charge is 0.119 e. The lowest BCUT2D eigenvalue weighted by Gasteiger charge is -2.08. The molecule has 0 fully saturated rings. The number of ether oxygens (including phenoxy) is 1. The zero-order chi connectivity index (χ0) is 15.4. The van der Waals surface area contributed by atoms with E-state index in [0.29, 0.717) is 0 Å². The fourth-order valence-corrected chi connectivity index (χ4v) is 4.25. The van der Waals surface area contributed by atoms with E-state index in [-0.39, 0.29) is 0 Å². The van der Waals surface area contributed by atoms with E-state index in [1.165, 1.54) is 42.4 Å². The van der Waals surface area contributed by atoms with Crippen LogP contribution in [0.5, 0.6) is 5.75 Å². The van der Waals surface area contributed by atoms with Crippen molar-refractivity contribution < 1.29 is 4.74 Å². The number of benzene rings is 4. The molecule has 0 aliphatic heterocycles. The molecular weight excluding hydrogens is 300 g/mol. The molecule has 0 aliphatic rings. The number of rotatable bonds is 1. The van der Waals surface area contributed by atoms with Crippen LogP contribution in [0.3, 0.4) is 0 Å². The molecule has 0 radical (unpaired) electrons. The van der Waals surface area contributed by atoms with Crippen LogP contribution in [0.4, 0.5) is 0 Å². The van der Waals surface area contributed by atoms with Gasteiger partial charge < -0.3 is 4.74 Å². The van der Waals surface area contributed by atoms with Gasteiger partial charge in [0.15, 0.2) is 0 Å². The Labute approximate surface area is 137 Å². The first kappa shape index (κ1) is 12.9. The molecule has 110 valence electrons. The summed E-state index contributed by atoms with van der Waals surface area (Å²) in [6, 6.07) is 22.0. The molecule has 4 aromatic carbocycles. The summed E-state index contributed by atoms with van der Waals surface area (Å²) in [7, 11) is 1.71. The number of hydrogen-bond donors (Lipinski definition) is 0. The molecule has 0 N–H and O–H groups in total. The summed E-state index contributed by atoms with van der Waals surface area (Å²) in [6.07, 6.45) is 0. The van der Waals surface area contributed by atoms with Crippen LogP contribution in [0.2, 0.25) is 0 Å². The summed E-state index contributed by atoms with van der Waals surface area (Å²) in [4.78, 5) is 0. The lowest BCUT2D eigenvalue weighted by atomic mass is 9.97. The van der Waals surface area contributed by atoms with E-state index in [9.17, 15) is 0 Å². The Bertz CT molecular complexity index is 1200. The Morgan fingerprint density at radius 1 is 0.652 bits per heavy atom. The molecule has 0 unspecified atom stereocenters. The first-order valence-corrected chi connectivity index (χ1v) is 8.52. The number of hydrogen-bond acceptors (Lipinski definition) is 2. The first-order valence-electron chi connectivity index (χ1n) is 7.64. The minimum atomic E-state index is 0.901. The molecule has 1 aromatic heterocycles. The standard InChI is InChI=1S/C21H14OS/c1-22-16-4-2-13-12-20-14(10-15(13)11-16)3-5-17-18(20)6-7-21-19(17)8-9-23-21/h2-12H,1H3. The van der Waals surface area contributed by atoms with E-state index in [4.69, 9.17) is 4.74 Å². The van der Waals surface area contributed by atoms with Gasteiger partial charge in [0.25, 0.3) is 0 Å². The lowest BCUT2D eigenvalue weighted by molar-refractivity contribution is 0.415. The summed E-state index contributed by atoms with van der Waals surface area (Å²) in [5, 5.41) is 11.2. The number of thiophene rings is 1. The fraction of sp³-hybridized carbons (Fsp3) is 0.0476. The maximum atomic E-state index is 5.35. The highest BCUT2D eigenvalue weighted by Gasteiger charge is 2.07. The van der Waals surface area contributed by atoms with Gasteiger partial charge in [-0.25, -0.2) is 0 Å². The average molecular weight is 314 g/mol.